The van der Waals surface area contributed by atoms with Crippen LogP contribution in [0.2, 0.25) is 0 Å². The Balaban J connectivity index is 2.04. The van der Waals surface area contributed by atoms with Crippen LogP contribution in [0.15, 0.2) is 65.7 Å². The molecule has 2 nitrogen and oxygen atoms in total. The summed E-state index contributed by atoms with van der Waals surface area (Å²) in [6, 6.07) is 0.618. The summed E-state index contributed by atoms with van der Waals surface area (Å²) in [5.41, 5.74) is 7.22. The van der Waals surface area contributed by atoms with Gasteiger partial charge < -0.3 is 10.6 Å². The summed E-state index contributed by atoms with van der Waals surface area (Å²) >= 11 is 0. The molecule has 2 atom stereocenters. The molecule has 0 aromatic rings. The molecule has 2 aliphatic rings. The van der Waals surface area contributed by atoms with Crippen LogP contribution in [0.5, 0.6) is 0 Å². The Bertz CT molecular complexity index is 571. The van der Waals surface area contributed by atoms with Crippen molar-refractivity contribution >= 4 is 0 Å². The van der Waals surface area contributed by atoms with Gasteiger partial charge in [0.2, 0.25) is 0 Å². The van der Waals surface area contributed by atoms with E-state index in [9.17, 15) is 0 Å². The maximum atomic E-state index is 4.21. The fourth-order valence-electron chi connectivity index (χ4n) is 3.06. The van der Waals surface area contributed by atoms with Crippen LogP contribution in [0.25, 0.3) is 0 Å². The van der Waals surface area contributed by atoms with Crippen LogP contribution in [-0.4, -0.2) is 12.1 Å². The zero-order chi connectivity index (χ0) is 17.0. The van der Waals surface area contributed by atoms with E-state index in [4.69, 9.17) is 0 Å². The third-order valence-electron chi connectivity index (χ3n) is 4.73. The van der Waals surface area contributed by atoms with E-state index in [0.717, 1.165) is 24.2 Å². The zero-order valence-electron chi connectivity index (χ0n) is 14.9. The lowest BCUT2D eigenvalue weighted by Crippen LogP contribution is -2.43. The lowest BCUT2D eigenvalue weighted by Gasteiger charge is -2.33. The van der Waals surface area contributed by atoms with Gasteiger partial charge in [-0.25, -0.2) is 0 Å². The Morgan fingerprint density at radius 2 is 1.65 bits per heavy atom. The van der Waals surface area contributed by atoms with E-state index < -0.39 is 0 Å². The number of hydrogen-bond donors (Lipinski definition) is 2. The van der Waals surface area contributed by atoms with Crippen molar-refractivity contribution in [1.82, 2.24) is 10.6 Å². The quantitative estimate of drug-likeness (QED) is 0.530. The first-order valence-corrected chi connectivity index (χ1v) is 8.57. The third-order valence-corrected chi connectivity index (χ3v) is 4.73. The minimum atomic E-state index is 0.223. The van der Waals surface area contributed by atoms with E-state index in [1.165, 1.54) is 11.1 Å². The Hall–Kier alpha value is -1.92. The predicted octanol–water partition coefficient (Wildman–Crippen LogP) is 4.61. The molecule has 2 N–H and O–H groups in total. The lowest BCUT2D eigenvalue weighted by molar-refractivity contribution is 0.380. The van der Waals surface area contributed by atoms with Gasteiger partial charge in [0.05, 0.1) is 11.9 Å². The summed E-state index contributed by atoms with van der Waals surface area (Å²) < 4.78 is 0. The largest absolute Gasteiger partial charge is 0.370 e. The molecule has 2 aliphatic carbocycles. The second kappa shape index (κ2) is 7.57. The molecular weight excluding hydrogens is 280 g/mol. The molecule has 0 fully saturated rings. The van der Waals surface area contributed by atoms with Gasteiger partial charge in [-0.3, -0.25) is 0 Å². The molecule has 0 amide bonds. The van der Waals surface area contributed by atoms with E-state index in [-0.39, 0.29) is 6.04 Å². The fourth-order valence-corrected chi connectivity index (χ4v) is 3.06. The number of allylic oxidation sites excluding steroid dienone is 5. The summed E-state index contributed by atoms with van der Waals surface area (Å²) in [4.78, 5) is 0. The Morgan fingerprint density at radius 1 is 1.09 bits per heavy atom. The molecule has 0 heterocycles. The summed E-state index contributed by atoms with van der Waals surface area (Å²) in [5, 5.41) is 7.04. The SMILES string of the molecule is C=C(NC(C)C(C)C)NC(C(=C)C)C1CC2=C=C(C=CC=C2)C1. The molecule has 23 heavy (non-hydrogen) atoms. The standard InChI is InChI=1S/C21H30N2/c1-14(2)16(5)22-17(6)23-21(15(3)4)20-12-18-9-7-8-10-19(11-18)13-20/h7-10,14,16,20-23H,3,6,12-13H2,1-2,4-5H3. The van der Waals surface area contributed by atoms with Crippen LogP contribution in [0, 0.1) is 11.8 Å². The van der Waals surface area contributed by atoms with Gasteiger partial charge in [0.15, 0.2) is 0 Å². The molecule has 0 aliphatic heterocycles. The number of rotatable bonds is 7. The molecule has 0 saturated heterocycles. The normalized spacial score (nSPS) is 19.5. The zero-order valence-corrected chi connectivity index (χ0v) is 14.9. The maximum Gasteiger partial charge on any atom is 0.0919 e. The fraction of sp³-hybridized carbons (Fsp3) is 0.476. The summed E-state index contributed by atoms with van der Waals surface area (Å²) in [6.45, 7) is 17.1. The van der Waals surface area contributed by atoms with Gasteiger partial charge in [-0.05, 0) is 49.7 Å². The van der Waals surface area contributed by atoms with Crippen molar-refractivity contribution in [3.8, 4) is 0 Å². The van der Waals surface area contributed by atoms with Gasteiger partial charge in [-0.2, -0.15) is 0 Å². The van der Waals surface area contributed by atoms with Crippen LogP contribution in [0.3, 0.4) is 0 Å². The van der Waals surface area contributed by atoms with E-state index in [1.807, 2.05) is 0 Å². The van der Waals surface area contributed by atoms with Crippen LogP contribution in [0.4, 0.5) is 0 Å². The second-order valence-corrected chi connectivity index (χ2v) is 7.19. The van der Waals surface area contributed by atoms with Crippen LogP contribution < -0.4 is 10.6 Å². The highest BCUT2D eigenvalue weighted by molar-refractivity contribution is 5.37. The smallest absolute Gasteiger partial charge is 0.0919 e. The molecule has 2 heteroatoms. The minimum Gasteiger partial charge on any atom is -0.370 e. The maximum absolute atomic E-state index is 4.21. The molecule has 0 saturated carbocycles. The molecule has 2 bridgehead atoms. The first-order chi connectivity index (χ1) is 10.9. The first kappa shape index (κ1) is 17.4. The lowest BCUT2D eigenvalue weighted by atomic mass is 9.81. The first-order valence-electron chi connectivity index (χ1n) is 8.57. The topological polar surface area (TPSA) is 24.1 Å². The van der Waals surface area contributed by atoms with Gasteiger partial charge in [0, 0.05) is 6.04 Å². The Morgan fingerprint density at radius 3 is 2.13 bits per heavy atom. The van der Waals surface area contributed by atoms with Crippen molar-refractivity contribution in [2.24, 2.45) is 11.8 Å². The van der Waals surface area contributed by atoms with Crippen LogP contribution in [0.1, 0.15) is 40.5 Å². The van der Waals surface area contributed by atoms with E-state index in [1.54, 1.807) is 0 Å². The van der Waals surface area contributed by atoms with Crippen molar-refractivity contribution in [3.05, 3.63) is 65.7 Å². The number of nitrogens with one attached hydrogen (secondary N) is 2. The van der Waals surface area contributed by atoms with Crippen LogP contribution in [-0.2, 0) is 0 Å². The van der Waals surface area contributed by atoms with E-state index >= 15 is 0 Å². The Kier molecular flexibility index (Phi) is 5.74. The molecule has 0 aromatic heterocycles. The van der Waals surface area contributed by atoms with Gasteiger partial charge in [0.1, 0.15) is 0 Å². The third kappa shape index (κ3) is 4.77. The van der Waals surface area contributed by atoms with Crippen LogP contribution >= 0.6 is 0 Å². The predicted molar refractivity (Wildman–Crippen MR) is 99.9 cm³/mol. The molecular formula is C21H30N2. The summed E-state index contributed by atoms with van der Waals surface area (Å²) in [5.74, 6) is 1.95. The molecule has 0 radical (unpaired) electrons. The monoisotopic (exact) mass is 310 g/mol. The molecule has 0 spiro atoms. The van der Waals surface area contributed by atoms with Gasteiger partial charge >= 0.3 is 0 Å². The second-order valence-electron chi connectivity index (χ2n) is 7.19. The molecule has 124 valence electrons. The van der Waals surface area contributed by atoms with Gasteiger partial charge in [-0.15, -0.1) is 5.73 Å². The average molecular weight is 310 g/mol. The minimum absolute atomic E-state index is 0.223. The molecule has 2 unspecified atom stereocenters. The highest BCUT2D eigenvalue weighted by atomic mass is 15.1. The van der Waals surface area contributed by atoms with E-state index in [2.05, 4.69) is 81.5 Å². The van der Waals surface area contributed by atoms with Crippen molar-refractivity contribution in [2.75, 3.05) is 0 Å². The molecule has 2 rings (SSSR count). The van der Waals surface area contributed by atoms with Gasteiger partial charge in [0.25, 0.3) is 0 Å². The number of hydrogen-bond acceptors (Lipinski definition) is 2. The Labute approximate surface area is 141 Å². The van der Waals surface area contributed by atoms with Crippen molar-refractivity contribution in [1.29, 1.82) is 0 Å². The summed E-state index contributed by atoms with van der Waals surface area (Å²) in [7, 11) is 0. The molecule has 0 aromatic carbocycles. The van der Waals surface area contributed by atoms with Crippen molar-refractivity contribution in [3.63, 3.8) is 0 Å². The van der Waals surface area contributed by atoms with Gasteiger partial charge in [-0.1, -0.05) is 56.9 Å². The highest BCUT2D eigenvalue weighted by Crippen LogP contribution is 2.32. The summed E-state index contributed by atoms with van der Waals surface area (Å²) in [6.07, 6.45) is 10.6. The van der Waals surface area contributed by atoms with Crippen molar-refractivity contribution in [2.45, 2.75) is 52.6 Å². The highest BCUT2D eigenvalue weighted by Gasteiger charge is 2.26. The van der Waals surface area contributed by atoms with Crippen molar-refractivity contribution < 1.29 is 0 Å². The average Bonchev–Trinajstić information content (AvgIpc) is 2.64. The van der Waals surface area contributed by atoms with E-state index in [0.29, 0.717) is 17.9 Å².